The minimum atomic E-state index is -1.12. The van der Waals surface area contributed by atoms with E-state index in [0.29, 0.717) is 18.1 Å². The molecule has 0 atom stereocenters. The summed E-state index contributed by atoms with van der Waals surface area (Å²) in [6, 6.07) is 3.92. The second kappa shape index (κ2) is 5.96. The third-order valence-electron chi connectivity index (χ3n) is 3.39. The Hall–Kier alpha value is -1.42. The Morgan fingerprint density at radius 3 is 2.72 bits per heavy atom. The number of ether oxygens (including phenoxy) is 1. The Bertz CT molecular complexity index is 425. The molecule has 0 spiro atoms. The second-order valence-electron chi connectivity index (χ2n) is 4.78. The Balaban J connectivity index is 1.87. The lowest BCUT2D eigenvalue weighted by atomic mass is 10.1. The molecule has 0 bridgehead atoms. The molecule has 0 unspecified atom stereocenters. The SMILES string of the molecule is O=C(O)c1ccc(COCC2CCCC2)c(F)c1. The summed E-state index contributed by atoms with van der Waals surface area (Å²) in [5.74, 6) is -1.03. The number of carbonyl (C=O) groups is 1. The summed E-state index contributed by atoms with van der Waals surface area (Å²) in [7, 11) is 0. The number of benzene rings is 1. The predicted octanol–water partition coefficient (Wildman–Crippen LogP) is 3.23. The Kier molecular flexibility index (Phi) is 4.31. The van der Waals surface area contributed by atoms with Crippen molar-refractivity contribution in [2.24, 2.45) is 5.92 Å². The van der Waals surface area contributed by atoms with Crippen molar-refractivity contribution < 1.29 is 19.0 Å². The van der Waals surface area contributed by atoms with Crippen molar-refractivity contribution in [2.75, 3.05) is 6.61 Å². The molecule has 1 aliphatic carbocycles. The fourth-order valence-electron chi connectivity index (χ4n) is 2.31. The van der Waals surface area contributed by atoms with E-state index in [4.69, 9.17) is 9.84 Å². The van der Waals surface area contributed by atoms with E-state index in [-0.39, 0.29) is 12.2 Å². The molecule has 1 saturated carbocycles. The van der Waals surface area contributed by atoms with Gasteiger partial charge in [0, 0.05) is 12.2 Å². The minimum Gasteiger partial charge on any atom is -0.478 e. The normalized spacial score (nSPS) is 16.1. The third kappa shape index (κ3) is 3.29. The average Bonchev–Trinajstić information content (AvgIpc) is 2.84. The van der Waals surface area contributed by atoms with Gasteiger partial charge in [0.25, 0.3) is 0 Å². The van der Waals surface area contributed by atoms with Crippen LogP contribution in [0.3, 0.4) is 0 Å². The molecule has 3 nitrogen and oxygen atoms in total. The number of halogens is 1. The zero-order chi connectivity index (χ0) is 13.0. The largest absolute Gasteiger partial charge is 0.478 e. The van der Waals surface area contributed by atoms with Crippen molar-refractivity contribution in [3.63, 3.8) is 0 Å². The van der Waals surface area contributed by atoms with Gasteiger partial charge in [0.15, 0.2) is 0 Å². The smallest absolute Gasteiger partial charge is 0.335 e. The van der Waals surface area contributed by atoms with Crippen LogP contribution in [0.15, 0.2) is 18.2 Å². The summed E-state index contributed by atoms with van der Waals surface area (Å²) in [6.07, 6.45) is 4.91. The summed E-state index contributed by atoms with van der Waals surface area (Å²) in [5.41, 5.74) is 0.380. The lowest BCUT2D eigenvalue weighted by molar-refractivity contribution is 0.0695. The molecule has 0 saturated heterocycles. The van der Waals surface area contributed by atoms with Crippen LogP contribution in [0.1, 0.15) is 41.6 Å². The highest BCUT2D eigenvalue weighted by atomic mass is 19.1. The van der Waals surface area contributed by atoms with Gasteiger partial charge in [0.2, 0.25) is 0 Å². The predicted molar refractivity (Wildman–Crippen MR) is 65.0 cm³/mol. The van der Waals surface area contributed by atoms with Gasteiger partial charge in [0.05, 0.1) is 12.2 Å². The topological polar surface area (TPSA) is 46.5 Å². The first-order chi connectivity index (χ1) is 8.66. The molecule has 0 aliphatic heterocycles. The number of aromatic carboxylic acids is 1. The number of rotatable bonds is 5. The fourth-order valence-corrected chi connectivity index (χ4v) is 2.31. The molecule has 18 heavy (non-hydrogen) atoms. The quantitative estimate of drug-likeness (QED) is 0.875. The van der Waals surface area contributed by atoms with Crippen molar-refractivity contribution in [1.29, 1.82) is 0 Å². The molecule has 0 heterocycles. The summed E-state index contributed by atoms with van der Waals surface area (Å²) in [5, 5.41) is 8.72. The first-order valence-corrected chi connectivity index (χ1v) is 6.26. The van der Waals surface area contributed by atoms with E-state index in [0.717, 1.165) is 6.07 Å². The van der Waals surface area contributed by atoms with Crippen LogP contribution in [0, 0.1) is 11.7 Å². The second-order valence-corrected chi connectivity index (χ2v) is 4.78. The Morgan fingerprint density at radius 1 is 1.39 bits per heavy atom. The molecular formula is C14H17FO3. The van der Waals surface area contributed by atoms with E-state index < -0.39 is 11.8 Å². The maximum absolute atomic E-state index is 13.6. The standard InChI is InChI=1S/C14H17FO3/c15-13-7-11(14(16)17)5-6-12(13)9-18-8-10-3-1-2-4-10/h5-7,10H,1-4,8-9H2,(H,16,17). The third-order valence-corrected chi connectivity index (χ3v) is 3.39. The maximum Gasteiger partial charge on any atom is 0.335 e. The zero-order valence-electron chi connectivity index (χ0n) is 10.2. The minimum absolute atomic E-state index is 0.0351. The van der Waals surface area contributed by atoms with Crippen molar-refractivity contribution in [3.05, 3.63) is 35.1 Å². The van der Waals surface area contributed by atoms with Crippen LogP contribution < -0.4 is 0 Å². The average molecular weight is 252 g/mol. The molecule has 1 aliphatic rings. The Morgan fingerprint density at radius 2 is 2.11 bits per heavy atom. The van der Waals surface area contributed by atoms with Gasteiger partial charge in [-0.05, 0) is 30.9 Å². The van der Waals surface area contributed by atoms with Crippen LogP contribution in [0.5, 0.6) is 0 Å². The zero-order valence-corrected chi connectivity index (χ0v) is 10.2. The molecule has 0 aromatic heterocycles. The monoisotopic (exact) mass is 252 g/mol. The van der Waals surface area contributed by atoms with E-state index in [1.165, 1.54) is 37.8 Å². The molecule has 2 rings (SSSR count). The van der Waals surface area contributed by atoms with Gasteiger partial charge in [-0.15, -0.1) is 0 Å². The van der Waals surface area contributed by atoms with Crippen molar-refractivity contribution in [3.8, 4) is 0 Å². The van der Waals surface area contributed by atoms with Gasteiger partial charge in [-0.1, -0.05) is 18.9 Å². The fraction of sp³-hybridized carbons (Fsp3) is 0.500. The van der Waals surface area contributed by atoms with Crippen molar-refractivity contribution >= 4 is 5.97 Å². The summed E-state index contributed by atoms with van der Waals surface area (Å²) >= 11 is 0. The molecule has 98 valence electrons. The van der Waals surface area contributed by atoms with E-state index in [2.05, 4.69) is 0 Å². The summed E-state index contributed by atoms with van der Waals surface area (Å²) in [6.45, 7) is 0.877. The van der Waals surface area contributed by atoms with Gasteiger partial charge in [-0.2, -0.15) is 0 Å². The molecule has 0 amide bonds. The lowest BCUT2D eigenvalue weighted by Gasteiger charge is -2.10. The molecule has 1 aromatic carbocycles. The van der Waals surface area contributed by atoms with E-state index in [1.54, 1.807) is 0 Å². The number of hydrogen-bond donors (Lipinski definition) is 1. The molecule has 1 fully saturated rings. The van der Waals surface area contributed by atoms with E-state index in [1.807, 2.05) is 0 Å². The highest BCUT2D eigenvalue weighted by molar-refractivity contribution is 5.87. The number of carboxylic acids is 1. The first kappa shape index (κ1) is 13.0. The molecule has 1 N–H and O–H groups in total. The van der Waals surface area contributed by atoms with Gasteiger partial charge >= 0.3 is 5.97 Å². The number of carboxylic acid groups (broad SMARTS) is 1. The highest BCUT2D eigenvalue weighted by Gasteiger charge is 2.15. The van der Waals surface area contributed by atoms with Crippen LogP contribution in [0.4, 0.5) is 4.39 Å². The van der Waals surface area contributed by atoms with Crippen molar-refractivity contribution in [1.82, 2.24) is 0 Å². The maximum atomic E-state index is 13.6. The molecule has 1 aromatic rings. The van der Waals surface area contributed by atoms with Crippen LogP contribution in [0.25, 0.3) is 0 Å². The number of hydrogen-bond acceptors (Lipinski definition) is 2. The van der Waals surface area contributed by atoms with Crippen LogP contribution in [0.2, 0.25) is 0 Å². The van der Waals surface area contributed by atoms with E-state index >= 15 is 0 Å². The molecule has 4 heteroatoms. The van der Waals surface area contributed by atoms with Gasteiger partial charge in [-0.25, -0.2) is 9.18 Å². The Labute approximate surface area is 106 Å². The highest BCUT2D eigenvalue weighted by Crippen LogP contribution is 2.25. The van der Waals surface area contributed by atoms with Crippen molar-refractivity contribution in [2.45, 2.75) is 32.3 Å². The molecular weight excluding hydrogens is 235 g/mol. The summed E-state index contributed by atoms with van der Waals surface area (Å²) in [4.78, 5) is 10.7. The van der Waals surface area contributed by atoms with Gasteiger partial charge in [-0.3, -0.25) is 0 Å². The summed E-state index contributed by atoms with van der Waals surface area (Å²) < 4.78 is 19.1. The van der Waals surface area contributed by atoms with Crippen LogP contribution in [-0.4, -0.2) is 17.7 Å². The molecule has 0 radical (unpaired) electrons. The van der Waals surface area contributed by atoms with Crippen LogP contribution >= 0.6 is 0 Å². The first-order valence-electron chi connectivity index (χ1n) is 6.26. The van der Waals surface area contributed by atoms with E-state index in [9.17, 15) is 9.18 Å². The van der Waals surface area contributed by atoms with Crippen LogP contribution in [-0.2, 0) is 11.3 Å². The lowest BCUT2D eigenvalue weighted by Crippen LogP contribution is -2.07. The van der Waals surface area contributed by atoms with Gasteiger partial charge < -0.3 is 9.84 Å². The van der Waals surface area contributed by atoms with Gasteiger partial charge in [0.1, 0.15) is 5.82 Å².